The number of nitrogens with one attached hydrogen (secondary N) is 2. The molecular weight excluding hydrogens is 256 g/mol. The number of hydrogen-bond acceptors (Lipinski definition) is 3. The van der Waals surface area contributed by atoms with Gasteiger partial charge in [-0.1, -0.05) is 19.3 Å². The van der Waals surface area contributed by atoms with E-state index in [1.54, 1.807) is 0 Å². The van der Waals surface area contributed by atoms with Crippen LogP contribution in [0.4, 0.5) is 0 Å². The number of ether oxygens (including phenoxy) is 1. The Hall–Kier alpha value is -1.10. The first-order chi connectivity index (χ1) is 9.59. The molecule has 5 nitrogen and oxygen atoms in total. The monoisotopic (exact) mass is 284 g/mol. The van der Waals surface area contributed by atoms with Crippen LogP contribution < -0.4 is 10.6 Å². The van der Waals surface area contributed by atoms with Crippen LogP contribution in [0, 0.1) is 5.92 Å². The molecular formula is C15H28N2O3. The molecule has 1 fully saturated rings. The van der Waals surface area contributed by atoms with Crippen LogP contribution in [0.2, 0.25) is 0 Å². The second kappa shape index (κ2) is 9.75. The number of amides is 2. The lowest BCUT2D eigenvalue weighted by Gasteiger charge is -2.20. The van der Waals surface area contributed by atoms with E-state index in [0.29, 0.717) is 13.2 Å². The van der Waals surface area contributed by atoms with Gasteiger partial charge >= 0.3 is 0 Å². The van der Waals surface area contributed by atoms with E-state index in [1.807, 2.05) is 13.8 Å². The minimum absolute atomic E-state index is 0.0305. The number of rotatable bonds is 8. The highest BCUT2D eigenvalue weighted by Crippen LogP contribution is 2.23. The van der Waals surface area contributed by atoms with E-state index in [-0.39, 0.29) is 30.4 Å². The van der Waals surface area contributed by atoms with Gasteiger partial charge in [0.1, 0.15) is 0 Å². The van der Waals surface area contributed by atoms with E-state index in [1.165, 1.54) is 6.42 Å². The molecule has 0 atom stereocenters. The van der Waals surface area contributed by atoms with Crippen molar-refractivity contribution in [2.24, 2.45) is 5.92 Å². The maximum atomic E-state index is 11.8. The molecule has 1 saturated carbocycles. The van der Waals surface area contributed by atoms with Crippen LogP contribution in [-0.4, -0.2) is 37.6 Å². The van der Waals surface area contributed by atoms with Gasteiger partial charge in [-0.3, -0.25) is 9.59 Å². The van der Waals surface area contributed by atoms with Crippen molar-refractivity contribution >= 4 is 11.8 Å². The van der Waals surface area contributed by atoms with Gasteiger partial charge in [-0.15, -0.1) is 0 Å². The second-order valence-electron chi connectivity index (χ2n) is 5.68. The fraction of sp³-hybridized carbons (Fsp3) is 0.867. The van der Waals surface area contributed by atoms with Crippen molar-refractivity contribution in [1.82, 2.24) is 10.6 Å². The standard InChI is InChI=1S/C15H28N2O3/c1-12(2)20-10-6-9-16-14(18)11-17-15(19)13-7-4-3-5-8-13/h12-13H,3-11H2,1-2H3,(H,16,18)(H,17,19). The van der Waals surface area contributed by atoms with E-state index in [4.69, 9.17) is 4.74 Å². The summed E-state index contributed by atoms with van der Waals surface area (Å²) in [7, 11) is 0. The molecule has 2 amide bonds. The van der Waals surface area contributed by atoms with E-state index in [9.17, 15) is 9.59 Å². The maximum absolute atomic E-state index is 11.8. The van der Waals surface area contributed by atoms with E-state index in [2.05, 4.69) is 10.6 Å². The fourth-order valence-electron chi connectivity index (χ4n) is 2.36. The van der Waals surface area contributed by atoms with E-state index in [0.717, 1.165) is 32.1 Å². The molecule has 2 N–H and O–H groups in total. The van der Waals surface area contributed by atoms with Crippen LogP contribution in [0.1, 0.15) is 52.4 Å². The SMILES string of the molecule is CC(C)OCCCNC(=O)CNC(=O)C1CCCCC1. The molecule has 0 spiro atoms. The third kappa shape index (κ3) is 7.48. The average Bonchev–Trinajstić information content (AvgIpc) is 2.45. The number of carbonyl (C=O) groups is 2. The lowest BCUT2D eigenvalue weighted by atomic mass is 9.89. The summed E-state index contributed by atoms with van der Waals surface area (Å²) >= 11 is 0. The van der Waals surface area contributed by atoms with E-state index >= 15 is 0 Å². The highest BCUT2D eigenvalue weighted by atomic mass is 16.5. The minimum atomic E-state index is -0.126. The molecule has 0 radical (unpaired) electrons. The van der Waals surface area contributed by atoms with Crippen LogP contribution >= 0.6 is 0 Å². The van der Waals surface area contributed by atoms with Crippen molar-refractivity contribution in [3.63, 3.8) is 0 Å². The van der Waals surface area contributed by atoms with Crippen LogP contribution in [0.3, 0.4) is 0 Å². The Morgan fingerprint density at radius 1 is 1.15 bits per heavy atom. The molecule has 0 bridgehead atoms. The topological polar surface area (TPSA) is 67.4 Å². The normalized spacial score (nSPS) is 16.1. The van der Waals surface area contributed by atoms with Crippen molar-refractivity contribution in [2.75, 3.05) is 19.7 Å². The van der Waals surface area contributed by atoms with Crippen LogP contribution in [0.5, 0.6) is 0 Å². The Kier molecular flexibility index (Phi) is 8.26. The quantitative estimate of drug-likeness (QED) is 0.666. The highest BCUT2D eigenvalue weighted by molar-refractivity contribution is 5.85. The van der Waals surface area contributed by atoms with Gasteiger partial charge in [0.05, 0.1) is 12.6 Å². The molecule has 0 heterocycles. The van der Waals surface area contributed by atoms with Crippen molar-refractivity contribution in [2.45, 2.75) is 58.5 Å². The predicted octanol–water partition coefficient (Wildman–Crippen LogP) is 1.61. The fourth-order valence-corrected chi connectivity index (χ4v) is 2.36. The number of hydrogen-bond donors (Lipinski definition) is 2. The maximum Gasteiger partial charge on any atom is 0.239 e. The largest absolute Gasteiger partial charge is 0.379 e. The van der Waals surface area contributed by atoms with Gasteiger partial charge < -0.3 is 15.4 Å². The molecule has 1 rings (SSSR count). The Morgan fingerprint density at radius 2 is 1.85 bits per heavy atom. The summed E-state index contributed by atoms with van der Waals surface area (Å²) in [6.07, 6.45) is 6.41. The van der Waals surface area contributed by atoms with Crippen molar-refractivity contribution < 1.29 is 14.3 Å². The van der Waals surface area contributed by atoms with Crippen LogP contribution in [0.15, 0.2) is 0 Å². The molecule has 0 aromatic heterocycles. The summed E-state index contributed by atoms with van der Waals surface area (Å²) in [5, 5.41) is 5.51. The second-order valence-corrected chi connectivity index (χ2v) is 5.68. The lowest BCUT2D eigenvalue weighted by Crippen LogP contribution is -2.40. The minimum Gasteiger partial charge on any atom is -0.379 e. The van der Waals surface area contributed by atoms with Gasteiger partial charge in [0.15, 0.2) is 0 Å². The third-order valence-electron chi connectivity index (χ3n) is 3.49. The smallest absolute Gasteiger partial charge is 0.239 e. The van der Waals surface area contributed by atoms with Gasteiger partial charge in [-0.25, -0.2) is 0 Å². The molecule has 0 saturated heterocycles. The predicted molar refractivity (Wildman–Crippen MR) is 78.3 cm³/mol. The zero-order valence-corrected chi connectivity index (χ0v) is 12.7. The van der Waals surface area contributed by atoms with Crippen LogP contribution in [-0.2, 0) is 14.3 Å². The molecule has 0 aromatic carbocycles. The molecule has 1 aliphatic rings. The first-order valence-corrected chi connectivity index (χ1v) is 7.75. The summed E-state index contributed by atoms with van der Waals surface area (Å²) in [6, 6.07) is 0. The first kappa shape index (κ1) is 17.0. The Bertz CT molecular complexity index is 299. The van der Waals surface area contributed by atoms with E-state index < -0.39 is 0 Å². The molecule has 1 aliphatic carbocycles. The summed E-state index contributed by atoms with van der Waals surface area (Å²) in [5.74, 6) is 0.0117. The third-order valence-corrected chi connectivity index (χ3v) is 3.49. The van der Waals surface area contributed by atoms with Crippen molar-refractivity contribution in [3.8, 4) is 0 Å². The van der Waals surface area contributed by atoms with Gasteiger partial charge in [0.25, 0.3) is 0 Å². The van der Waals surface area contributed by atoms with Crippen LogP contribution in [0.25, 0.3) is 0 Å². The summed E-state index contributed by atoms with van der Waals surface area (Å²) in [4.78, 5) is 23.4. The van der Waals surface area contributed by atoms with Gasteiger partial charge in [0.2, 0.25) is 11.8 Å². The summed E-state index contributed by atoms with van der Waals surface area (Å²) < 4.78 is 5.38. The van der Waals surface area contributed by atoms with Gasteiger partial charge in [0, 0.05) is 19.1 Å². The first-order valence-electron chi connectivity index (χ1n) is 7.75. The molecule has 20 heavy (non-hydrogen) atoms. The zero-order valence-electron chi connectivity index (χ0n) is 12.7. The van der Waals surface area contributed by atoms with Crippen molar-refractivity contribution in [3.05, 3.63) is 0 Å². The average molecular weight is 284 g/mol. The molecule has 116 valence electrons. The zero-order chi connectivity index (χ0) is 14.8. The Morgan fingerprint density at radius 3 is 2.50 bits per heavy atom. The lowest BCUT2D eigenvalue weighted by molar-refractivity contribution is -0.129. The summed E-state index contributed by atoms with van der Waals surface area (Å²) in [5.41, 5.74) is 0. The summed E-state index contributed by atoms with van der Waals surface area (Å²) in [6.45, 7) is 5.29. The Balaban J connectivity index is 2.03. The van der Waals surface area contributed by atoms with Crippen molar-refractivity contribution in [1.29, 1.82) is 0 Å². The molecule has 0 aromatic rings. The highest BCUT2D eigenvalue weighted by Gasteiger charge is 2.21. The molecule has 5 heteroatoms. The molecule has 0 aliphatic heterocycles. The molecule has 0 unspecified atom stereocenters. The Labute approximate surface area is 121 Å². The van der Waals surface area contributed by atoms with Gasteiger partial charge in [-0.05, 0) is 33.1 Å². The van der Waals surface area contributed by atoms with Gasteiger partial charge in [-0.2, -0.15) is 0 Å². The number of carbonyl (C=O) groups excluding carboxylic acids is 2.